The zero-order chi connectivity index (χ0) is 18.6. The minimum atomic E-state index is 0.722. The molecule has 2 aromatic carbocycles. The number of ether oxygens (including phenoxy) is 1. The number of hydrogen-bond acceptors (Lipinski definition) is 4. The number of hydrogen-bond donors (Lipinski definition) is 0. The number of benzene rings is 2. The van der Waals surface area contributed by atoms with Gasteiger partial charge in [0.05, 0.1) is 18.5 Å². The molecule has 26 heavy (non-hydrogen) atoms. The second-order valence-corrected chi connectivity index (χ2v) is 5.20. The molecule has 0 radical (unpaired) electrons. The van der Waals surface area contributed by atoms with Crippen LogP contribution in [0.2, 0.25) is 0 Å². The van der Waals surface area contributed by atoms with Crippen LogP contribution in [-0.4, -0.2) is 25.8 Å². The third-order valence-corrected chi connectivity index (χ3v) is 3.40. The summed E-state index contributed by atoms with van der Waals surface area (Å²) in [5.41, 5.74) is 3.45. The molecule has 0 bridgehead atoms. The lowest BCUT2D eigenvalue weighted by Gasteiger charge is -1.99. The van der Waals surface area contributed by atoms with E-state index in [2.05, 4.69) is 16.6 Å². The standard InChI is InChI=1S/C22H20N2O2/c1-3-18(6-4-5-15-25)16-23-20-9-11-21(12-10-20)24-17-19-7-13-22(26-2)14-8-19/h3-17H,1H2,2H3. The zero-order valence-corrected chi connectivity index (χ0v) is 14.6. The minimum absolute atomic E-state index is 0.722. The van der Waals surface area contributed by atoms with Gasteiger partial charge in [-0.2, -0.15) is 0 Å². The summed E-state index contributed by atoms with van der Waals surface area (Å²) in [5.74, 6) is 0.818. The number of methoxy groups -OCH3 is 1. The maximum atomic E-state index is 10.3. The minimum Gasteiger partial charge on any atom is -0.497 e. The van der Waals surface area contributed by atoms with Crippen LogP contribution in [0, 0.1) is 0 Å². The highest BCUT2D eigenvalue weighted by Gasteiger charge is 1.93. The Kier molecular flexibility index (Phi) is 7.49. The van der Waals surface area contributed by atoms with Gasteiger partial charge in [-0.15, -0.1) is 0 Å². The Balaban J connectivity index is 2.02. The van der Waals surface area contributed by atoms with Gasteiger partial charge in [-0.3, -0.25) is 14.8 Å². The van der Waals surface area contributed by atoms with E-state index in [0.29, 0.717) is 0 Å². The first-order valence-corrected chi connectivity index (χ1v) is 8.02. The normalized spacial score (nSPS) is 12.1. The molecule has 0 amide bonds. The van der Waals surface area contributed by atoms with Crippen LogP contribution in [-0.2, 0) is 4.79 Å². The van der Waals surface area contributed by atoms with Gasteiger partial charge in [0.1, 0.15) is 12.0 Å². The number of rotatable bonds is 8. The predicted molar refractivity (Wildman–Crippen MR) is 108 cm³/mol. The van der Waals surface area contributed by atoms with E-state index in [1.807, 2.05) is 48.5 Å². The first kappa shape index (κ1) is 18.8. The van der Waals surface area contributed by atoms with Crippen molar-refractivity contribution in [3.63, 3.8) is 0 Å². The zero-order valence-electron chi connectivity index (χ0n) is 14.6. The molecule has 0 fully saturated rings. The van der Waals surface area contributed by atoms with Crippen LogP contribution in [0.1, 0.15) is 5.56 Å². The third-order valence-electron chi connectivity index (χ3n) is 3.40. The average molecular weight is 344 g/mol. The topological polar surface area (TPSA) is 51.0 Å². The van der Waals surface area contributed by atoms with Crippen molar-refractivity contribution >= 4 is 30.1 Å². The number of carbonyl (C=O) groups is 1. The Hall–Kier alpha value is -3.53. The lowest BCUT2D eigenvalue weighted by atomic mass is 10.2. The van der Waals surface area contributed by atoms with Crippen molar-refractivity contribution in [3.05, 3.63) is 90.6 Å². The predicted octanol–water partition coefficient (Wildman–Crippen LogP) is 5.02. The van der Waals surface area contributed by atoms with Crippen molar-refractivity contribution in [1.29, 1.82) is 0 Å². The molecule has 0 spiro atoms. The van der Waals surface area contributed by atoms with E-state index in [4.69, 9.17) is 4.74 Å². The summed E-state index contributed by atoms with van der Waals surface area (Å²) < 4.78 is 5.13. The van der Waals surface area contributed by atoms with Crippen molar-refractivity contribution in [2.75, 3.05) is 7.11 Å². The van der Waals surface area contributed by atoms with Crippen molar-refractivity contribution in [2.24, 2.45) is 9.98 Å². The molecule has 0 N–H and O–H groups in total. The number of allylic oxidation sites excluding steroid dienone is 5. The number of aliphatic imine (C=N–C) groups is 2. The van der Waals surface area contributed by atoms with Crippen LogP contribution in [0.25, 0.3) is 0 Å². The van der Waals surface area contributed by atoms with Gasteiger partial charge in [0.2, 0.25) is 0 Å². The van der Waals surface area contributed by atoms with Crippen molar-refractivity contribution in [3.8, 4) is 5.75 Å². The second kappa shape index (κ2) is 10.4. The van der Waals surface area contributed by atoms with E-state index in [9.17, 15) is 4.79 Å². The van der Waals surface area contributed by atoms with Gasteiger partial charge in [0, 0.05) is 12.4 Å². The average Bonchev–Trinajstić information content (AvgIpc) is 2.70. The summed E-state index contributed by atoms with van der Waals surface area (Å²) in [6.07, 6.45) is 10.7. The van der Waals surface area contributed by atoms with Crippen molar-refractivity contribution in [1.82, 2.24) is 0 Å². The highest BCUT2D eigenvalue weighted by atomic mass is 16.5. The highest BCUT2D eigenvalue weighted by Crippen LogP contribution is 2.19. The molecule has 130 valence electrons. The molecule has 0 saturated heterocycles. The number of nitrogens with zero attached hydrogens (tertiary/aromatic N) is 2. The molecule has 0 unspecified atom stereocenters. The fourth-order valence-electron chi connectivity index (χ4n) is 1.99. The van der Waals surface area contributed by atoms with Crippen molar-refractivity contribution < 1.29 is 9.53 Å². The molecule has 4 heteroatoms. The van der Waals surface area contributed by atoms with Crippen LogP contribution < -0.4 is 4.74 Å². The molecule has 4 nitrogen and oxygen atoms in total. The number of aldehydes is 1. The smallest absolute Gasteiger partial charge is 0.142 e. The summed E-state index contributed by atoms with van der Waals surface area (Å²) in [7, 11) is 1.64. The Bertz CT molecular complexity index is 843. The van der Waals surface area contributed by atoms with E-state index in [0.717, 1.165) is 34.5 Å². The SMILES string of the molecule is C=CC(C=Nc1ccc(N=Cc2ccc(OC)cc2)cc1)=CC=CC=O. The Morgan fingerprint density at radius 3 is 2.19 bits per heavy atom. The molecular weight excluding hydrogens is 324 g/mol. The molecule has 0 aliphatic heterocycles. The summed E-state index contributed by atoms with van der Waals surface area (Å²) >= 11 is 0. The largest absolute Gasteiger partial charge is 0.497 e. The molecule has 0 heterocycles. The molecule has 0 atom stereocenters. The first-order chi connectivity index (χ1) is 12.7. The fraction of sp³-hybridized carbons (Fsp3) is 0.0455. The van der Waals surface area contributed by atoms with Crippen LogP contribution in [0.15, 0.2) is 95.0 Å². The molecule has 2 aromatic rings. The number of carbonyl (C=O) groups excluding carboxylic acids is 1. The van der Waals surface area contributed by atoms with Gasteiger partial charge in [0.25, 0.3) is 0 Å². The fourth-order valence-corrected chi connectivity index (χ4v) is 1.99. The Morgan fingerprint density at radius 2 is 1.62 bits per heavy atom. The van der Waals surface area contributed by atoms with Gasteiger partial charge in [-0.05, 0) is 65.7 Å². The maximum absolute atomic E-state index is 10.3. The summed E-state index contributed by atoms with van der Waals surface area (Å²) in [5, 5.41) is 0. The van der Waals surface area contributed by atoms with E-state index in [-0.39, 0.29) is 0 Å². The van der Waals surface area contributed by atoms with E-state index in [1.54, 1.807) is 37.8 Å². The monoisotopic (exact) mass is 344 g/mol. The van der Waals surface area contributed by atoms with Gasteiger partial charge in [0.15, 0.2) is 0 Å². The quantitative estimate of drug-likeness (QED) is 0.292. The van der Waals surface area contributed by atoms with Gasteiger partial charge < -0.3 is 4.74 Å². The Morgan fingerprint density at radius 1 is 0.962 bits per heavy atom. The van der Waals surface area contributed by atoms with Crippen LogP contribution in [0.3, 0.4) is 0 Å². The van der Waals surface area contributed by atoms with Gasteiger partial charge in [-0.1, -0.05) is 24.8 Å². The highest BCUT2D eigenvalue weighted by molar-refractivity contribution is 5.85. The van der Waals surface area contributed by atoms with E-state index in [1.165, 1.54) is 6.08 Å². The van der Waals surface area contributed by atoms with Crippen LogP contribution in [0.5, 0.6) is 5.75 Å². The first-order valence-electron chi connectivity index (χ1n) is 8.02. The van der Waals surface area contributed by atoms with Gasteiger partial charge in [-0.25, -0.2) is 0 Å². The lowest BCUT2D eigenvalue weighted by Crippen LogP contribution is -1.84. The molecule has 0 aliphatic carbocycles. The molecule has 0 aromatic heterocycles. The summed E-state index contributed by atoms with van der Waals surface area (Å²) in [4.78, 5) is 19.1. The summed E-state index contributed by atoms with van der Waals surface area (Å²) in [6, 6.07) is 15.3. The second-order valence-electron chi connectivity index (χ2n) is 5.20. The third kappa shape index (κ3) is 6.17. The lowest BCUT2D eigenvalue weighted by molar-refractivity contribution is -0.104. The van der Waals surface area contributed by atoms with Crippen LogP contribution >= 0.6 is 0 Å². The molecule has 0 aliphatic rings. The Labute approximate surface area is 153 Å². The summed E-state index contributed by atoms with van der Waals surface area (Å²) in [6.45, 7) is 3.72. The molecular formula is C22H20N2O2. The van der Waals surface area contributed by atoms with E-state index >= 15 is 0 Å². The van der Waals surface area contributed by atoms with Crippen LogP contribution in [0.4, 0.5) is 11.4 Å². The maximum Gasteiger partial charge on any atom is 0.142 e. The van der Waals surface area contributed by atoms with E-state index < -0.39 is 0 Å². The van der Waals surface area contributed by atoms with Gasteiger partial charge >= 0.3 is 0 Å². The molecule has 0 saturated carbocycles. The molecule has 2 rings (SSSR count). The van der Waals surface area contributed by atoms with Crippen molar-refractivity contribution in [2.45, 2.75) is 0 Å².